The quantitative estimate of drug-likeness (QED) is 0.621. The zero-order valence-electron chi connectivity index (χ0n) is 16.9. The summed E-state index contributed by atoms with van der Waals surface area (Å²) in [4.78, 5) is 28.1. The van der Waals surface area contributed by atoms with Gasteiger partial charge in [-0.3, -0.25) is 9.59 Å². The van der Waals surface area contributed by atoms with E-state index in [2.05, 4.69) is 5.32 Å². The minimum absolute atomic E-state index is 0.0999. The van der Waals surface area contributed by atoms with Crippen LogP contribution in [0.25, 0.3) is 0 Å². The van der Waals surface area contributed by atoms with Crippen LogP contribution in [-0.2, 0) is 4.79 Å². The van der Waals surface area contributed by atoms with E-state index in [1.165, 1.54) is 12.1 Å². The Labute approximate surface area is 184 Å². The molecule has 0 radical (unpaired) electrons. The lowest BCUT2D eigenvalue weighted by molar-refractivity contribution is -0.119. The lowest BCUT2D eigenvalue weighted by atomic mass is 9.79. The van der Waals surface area contributed by atoms with E-state index in [9.17, 15) is 14.0 Å². The molecule has 1 aliphatic heterocycles. The van der Waals surface area contributed by atoms with Crippen molar-refractivity contribution in [3.05, 3.63) is 94.3 Å². The van der Waals surface area contributed by atoms with Crippen molar-refractivity contribution in [2.75, 3.05) is 19.5 Å². The number of fused-ring (bicyclic) bond motifs is 1. The molecule has 0 unspecified atom stereocenters. The van der Waals surface area contributed by atoms with Crippen LogP contribution in [0.3, 0.4) is 0 Å². The number of hydrogen-bond acceptors (Lipinski definition) is 3. The SMILES string of the molecule is COc1ccc([C@H]2[C@H](C(=O)Nc3ccc(F)cc3Cl)c3ccccc3C(=O)N2C)cc1. The maximum Gasteiger partial charge on any atom is 0.254 e. The largest absolute Gasteiger partial charge is 0.497 e. The Hall–Kier alpha value is -3.38. The van der Waals surface area contributed by atoms with Gasteiger partial charge in [0.15, 0.2) is 0 Å². The van der Waals surface area contributed by atoms with Crippen LogP contribution >= 0.6 is 11.6 Å². The number of amides is 2. The second-order valence-corrected chi connectivity index (χ2v) is 7.72. The van der Waals surface area contributed by atoms with Gasteiger partial charge in [0.1, 0.15) is 11.6 Å². The average Bonchev–Trinajstić information content (AvgIpc) is 2.78. The molecule has 31 heavy (non-hydrogen) atoms. The molecular formula is C24H20ClFN2O3. The van der Waals surface area contributed by atoms with Gasteiger partial charge >= 0.3 is 0 Å². The number of halogens is 2. The summed E-state index contributed by atoms with van der Waals surface area (Å²) >= 11 is 6.12. The van der Waals surface area contributed by atoms with Crippen molar-refractivity contribution in [3.63, 3.8) is 0 Å². The van der Waals surface area contributed by atoms with E-state index in [-0.39, 0.29) is 16.8 Å². The van der Waals surface area contributed by atoms with Gasteiger partial charge in [-0.25, -0.2) is 4.39 Å². The molecule has 1 aliphatic rings. The molecule has 2 atom stereocenters. The number of carbonyl (C=O) groups is 2. The predicted octanol–water partition coefficient (Wildman–Crippen LogP) is 5.04. The molecule has 5 nitrogen and oxygen atoms in total. The number of anilines is 1. The number of hydrogen-bond donors (Lipinski definition) is 1. The number of carbonyl (C=O) groups excluding carboxylic acids is 2. The summed E-state index contributed by atoms with van der Waals surface area (Å²) in [5.41, 5.74) is 2.19. The highest BCUT2D eigenvalue weighted by Gasteiger charge is 2.42. The Balaban J connectivity index is 1.79. The normalized spacial score (nSPS) is 17.8. The van der Waals surface area contributed by atoms with Crippen molar-refractivity contribution in [2.24, 2.45) is 0 Å². The summed E-state index contributed by atoms with van der Waals surface area (Å²) in [7, 11) is 3.25. The number of methoxy groups -OCH3 is 1. The fourth-order valence-corrected chi connectivity index (χ4v) is 4.19. The van der Waals surface area contributed by atoms with E-state index in [1.807, 2.05) is 12.1 Å². The van der Waals surface area contributed by atoms with E-state index in [0.717, 1.165) is 11.6 Å². The fourth-order valence-electron chi connectivity index (χ4n) is 3.98. The van der Waals surface area contributed by atoms with Crippen molar-refractivity contribution in [3.8, 4) is 5.75 Å². The Bertz CT molecular complexity index is 1150. The molecule has 0 fully saturated rings. The summed E-state index contributed by atoms with van der Waals surface area (Å²) in [5.74, 6) is -1.03. The van der Waals surface area contributed by atoms with Gasteiger partial charge in [-0.05, 0) is 47.5 Å². The molecule has 1 N–H and O–H groups in total. The van der Waals surface area contributed by atoms with Crippen LogP contribution < -0.4 is 10.1 Å². The highest BCUT2D eigenvalue weighted by molar-refractivity contribution is 6.33. The van der Waals surface area contributed by atoms with Crippen LogP contribution in [0, 0.1) is 5.82 Å². The lowest BCUT2D eigenvalue weighted by Crippen LogP contribution is -2.44. The first-order chi connectivity index (χ1) is 14.9. The van der Waals surface area contributed by atoms with Gasteiger partial charge in [-0.1, -0.05) is 41.9 Å². The first-order valence-corrected chi connectivity index (χ1v) is 10.0. The molecule has 2 amide bonds. The molecule has 0 aliphatic carbocycles. The van der Waals surface area contributed by atoms with Crippen molar-refractivity contribution >= 4 is 29.1 Å². The van der Waals surface area contributed by atoms with Crippen LogP contribution in [0.4, 0.5) is 10.1 Å². The molecule has 0 saturated carbocycles. The third-order valence-corrected chi connectivity index (χ3v) is 5.82. The van der Waals surface area contributed by atoms with Crippen molar-refractivity contribution in [1.29, 1.82) is 0 Å². The molecule has 0 aromatic heterocycles. The Kier molecular flexibility index (Phi) is 5.65. The van der Waals surface area contributed by atoms with Crippen molar-refractivity contribution < 1.29 is 18.7 Å². The Morgan fingerprint density at radius 1 is 1.10 bits per heavy atom. The molecule has 0 bridgehead atoms. The van der Waals surface area contributed by atoms with E-state index in [1.54, 1.807) is 55.5 Å². The zero-order chi connectivity index (χ0) is 22.1. The van der Waals surface area contributed by atoms with E-state index >= 15 is 0 Å². The predicted molar refractivity (Wildman–Crippen MR) is 117 cm³/mol. The molecule has 0 saturated heterocycles. The fraction of sp³-hybridized carbons (Fsp3) is 0.167. The van der Waals surface area contributed by atoms with Crippen LogP contribution in [0.5, 0.6) is 5.75 Å². The maximum atomic E-state index is 13.5. The first kappa shape index (κ1) is 20.9. The second-order valence-electron chi connectivity index (χ2n) is 7.31. The van der Waals surface area contributed by atoms with E-state index < -0.39 is 17.8 Å². The molecule has 7 heteroatoms. The molecule has 0 spiro atoms. The van der Waals surface area contributed by atoms with Crippen LogP contribution in [0.2, 0.25) is 5.02 Å². The van der Waals surface area contributed by atoms with Gasteiger partial charge in [0.05, 0.1) is 29.8 Å². The summed E-state index contributed by atoms with van der Waals surface area (Å²) in [6, 6.07) is 17.6. The minimum atomic E-state index is -0.701. The molecule has 4 rings (SSSR count). The van der Waals surface area contributed by atoms with Gasteiger partial charge in [-0.15, -0.1) is 0 Å². The van der Waals surface area contributed by atoms with Gasteiger partial charge in [0, 0.05) is 12.6 Å². The van der Waals surface area contributed by atoms with E-state index in [4.69, 9.17) is 16.3 Å². The summed E-state index contributed by atoms with van der Waals surface area (Å²) in [6.07, 6.45) is 0. The first-order valence-electron chi connectivity index (χ1n) is 9.66. The molecule has 1 heterocycles. The number of nitrogens with zero attached hydrogens (tertiary/aromatic N) is 1. The monoisotopic (exact) mass is 438 g/mol. The van der Waals surface area contributed by atoms with Gasteiger partial charge < -0.3 is 15.0 Å². The highest BCUT2D eigenvalue weighted by Crippen LogP contribution is 2.43. The maximum absolute atomic E-state index is 13.5. The van der Waals surface area contributed by atoms with Gasteiger partial charge in [0.25, 0.3) is 5.91 Å². The summed E-state index contributed by atoms with van der Waals surface area (Å²) in [5, 5.41) is 2.91. The third-order valence-electron chi connectivity index (χ3n) is 5.51. The average molecular weight is 439 g/mol. The number of benzene rings is 3. The molecule has 3 aromatic carbocycles. The third kappa shape index (κ3) is 3.86. The standard InChI is InChI=1S/C24H20ClFN2O3/c1-28-22(14-7-10-16(31-2)11-8-14)21(17-5-3-4-6-18(17)24(28)30)23(29)27-20-12-9-15(26)13-19(20)25/h3-13,21-22H,1-2H3,(H,27,29)/t21-,22+/m1/s1. The van der Waals surface area contributed by atoms with Crippen molar-refractivity contribution in [2.45, 2.75) is 12.0 Å². The topological polar surface area (TPSA) is 58.6 Å². The van der Waals surface area contributed by atoms with Crippen LogP contribution in [-0.4, -0.2) is 30.9 Å². The van der Waals surface area contributed by atoms with Gasteiger partial charge in [-0.2, -0.15) is 0 Å². The number of rotatable bonds is 4. The molecule has 158 valence electrons. The van der Waals surface area contributed by atoms with E-state index in [0.29, 0.717) is 22.6 Å². The number of likely N-dealkylation sites (N-methyl/N-ethyl adjacent to an activating group) is 1. The van der Waals surface area contributed by atoms with Gasteiger partial charge in [0.2, 0.25) is 5.91 Å². The highest BCUT2D eigenvalue weighted by atomic mass is 35.5. The summed E-state index contributed by atoms with van der Waals surface area (Å²) in [6.45, 7) is 0. The zero-order valence-corrected chi connectivity index (χ0v) is 17.7. The van der Waals surface area contributed by atoms with Crippen molar-refractivity contribution in [1.82, 2.24) is 4.90 Å². The Morgan fingerprint density at radius 2 is 1.81 bits per heavy atom. The number of ether oxygens (including phenoxy) is 1. The molecular weight excluding hydrogens is 419 g/mol. The smallest absolute Gasteiger partial charge is 0.254 e. The van der Waals surface area contributed by atoms with Crippen LogP contribution in [0.15, 0.2) is 66.7 Å². The second kappa shape index (κ2) is 8.40. The minimum Gasteiger partial charge on any atom is -0.497 e. The van der Waals surface area contributed by atoms with Crippen LogP contribution in [0.1, 0.15) is 33.4 Å². The lowest BCUT2D eigenvalue weighted by Gasteiger charge is -2.39. The summed E-state index contributed by atoms with van der Waals surface area (Å²) < 4.78 is 18.7. The Morgan fingerprint density at radius 3 is 2.48 bits per heavy atom. The number of nitrogens with one attached hydrogen (secondary N) is 1. The molecule has 3 aromatic rings.